The van der Waals surface area contributed by atoms with Crippen LogP contribution in [0, 0.1) is 6.92 Å². The first-order valence-electron chi connectivity index (χ1n) is 7.82. The normalized spacial score (nSPS) is 10.6. The van der Waals surface area contributed by atoms with Crippen molar-refractivity contribution in [1.29, 1.82) is 0 Å². The Hall–Kier alpha value is -2.63. The Morgan fingerprint density at radius 1 is 1.08 bits per heavy atom. The van der Waals surface area contributed by atoms with Gasteiger partial charge in [-0.1, -0.05) is 53.0 Å². The molecule has 0 spiro atoms. The molecule has 0 aliphatic rings. The van der Waals surface area contributed by atoms with Crippen LogP contribution in [-0.4, -0.2) is 15.7 Å². The minimum Gasteiger partial charge on any atom is -0.323 e. The Kier molecular flexibility index (Phi) is 5.40. The predicted octanol–water partition coefficient (Wildman–Crippen LogP) is 4.16. The van der Waals surface area contributed by atoms with Crippen molar-refractivity contribution in [3.8, 4) is 11.3 Å². The molecule has 26 heavy (non-hydrogen) atoms. The van der Waals surface area contributed by atoms with E-state index in [0.717, 1.165) is 15.8 Å². The summed E-state index contributed by atoms with van der Waals surface area (Å²) < 4.78 is 1.12. The molecular formula is C19H15Cl2N3O2. The van der Waals surface area contributed by atoms with Gasteiger partial charge in [-0.15, -0.1) is 0 Å². The van der Waals surface area contributed by atoms with E-state index in [9.17, 15) is 9.59 Å². The summed E-state index contributed by atoms with van der Waals surface area (Å²) in [7, 11) is 0. The van der Waals surface area contributed by atoms with E-state index in [2.05, 4.69) is 10.4 Å². The molecule has 0 aliphatic heterocycles. The average Bonchev–Trinajstić information content (AvgIpc) is 2.60. The number of rotatable bonds is 4. The third kappa shape index (κ3) is 4.31. The number of carbonyl (C=O) groups is 1. The minimum atomic E-state index is -0.412. The molecule has 0 unspecified atom stereocenters. The molecule has 0 bridgehead atoms. The second-order valence-electron chi connectivity index (χ2n) is 5.75. The number of anilines is 1. The van der Waals surface area contributed by atoms with E-state index in [1.165, 1.54) is 12.1 Å². The SMILES string of the molecule is Cc1ccc(-c2ccc(=O)n(CC(=O)Nc3ccc(Cl)cc3Cl)n2)cc1. The summed E-state index contributed by atoms with van der Waals surface area (Å²) in [5, 5.41) is 7.72. The number of nitrogens with one attached hydrogen (secondary N) is 1. The van der Waals surface area contributed by atoms with Crippen molar-refractivity contribution in [3.63, 3.8) is 0 Å². The van der Waals surface area contributed by atoms with Crippen LogP contribution >= 0.6 is 23.2 Å². The van der Waals surface area contributed by atoms with E-state index in [-0.39, 0.29) is 12.1 Å². The van der Waals surface area contributed by atoms with Crippen LogP contribution in [0.4, 0.5) is 5.69 Å². The van der Waals surface area contributed by atoms with Crippen LogP contribution in [0.15, 0.2) is 59.4 Å². The molecule has 1 aromatic heterocycles. The summed E-state index contributed by atoms with van der Waals surface area (Å²) in [5.74, 6) is -0.412. The lowest BCUT2D eigenvalue weighted by molar-refractivity contribution is -0.117. The fourth-order valence-electron chi connectivity index (χ4n) is 2.36. The lowest BCUT2D eigenvalue weighted by atomic mass is 10.1. The zero-order valence-corrected chi connectivity index (χ0v) is 15.4. The largest absolute Gasteiger partial charge is 0.323 e. The molecular weight excluding hydrogens is 373 g/mol. The summed E-state index contributed by atoms with van der Waals surface area (Å²) in [6, 6.07) is 15.5. The highest BCUT2D eigenvalue weighted by molar-refractivity contribution is 6.36. The molecule has 3 aromatic rings. The van der Waals surface area contributed by atoms with Gasteiger partial charge in [-0.3, -0.25) is 9.59 Å². The number of halogens is 2. The molecule has 5 nitrogen and oxygen atoms in total. The zero-order chi connectivity index (χ0) is 18.7. The van der Waals surface area contributed by atoms with Crippen LogP contribution in [0.1, 0.15) is 5.56 Å². The number of nitrogens with zero attached hydrogens (tertiary/aromatic N) is 2. The van der Waals surface area contributed by atoms with E-state index in [1.807, 2.05) is 31.2 Å². The minimum absolute atomic E-state index is 0.225. The zero-order valence-electron chi connectivity index (χ0n) is 13.9. The van der Waals surface area contributed by atoms with Crippen molar-refractivity contribution in [3.05, 3.63) is 80.6 Å². The van der Waals surface area contributed by atoms with Crippen LogP contribution in [0.2, 0.25) is 10.0 Å². The molecule has 0 atom stereocenters. The lowest BCUT2D eigenvalue weighted by Crippen LogP contribution is -2.29. The smallest absolute Gasteiger partial charge is 0.267 e. The standard InChI is InChI=1S/C19H15Cl2N3O2/c1-12-2-4-13(5-3-12)16-8-9-19(26)24(23-16)11-18(25)22-17-7-6-14(20)10-15(17)21/h2-10H,11H2,1H3,(H,22,25). The molecule has 0 saturated heterocycles. The number of carbonyl (C=O) groups excluding carboxylic acids is 1. The van der Waals surface area contributed by atoms with Crippen molar-refractivity contribution >= 4 is 34.8 Å². The molecule has 0 radical (unpaired) electrons. The highest BCUT2D eigenvalue weighted by atomic mass is 35.5. The number of amides is 1. The van der Waals surface area contributed by atoms with Gasteiger partial charge in [0.2, 0.25) is 5.91 Å². The average molecular weight is 388 g/mol. The maximum atomic E-state index is 12.3. The fourth-order valence-corrected chi connectivity index (χ4v) is 2.81. The molecule has 1 N–H and O–H groups in total. The Morgan fingerprint density at radius 3 is 2.50 bits per heavy atom. The van der Waals surface area contributed by atoms with Gasteiger partial charge in [0.15, 0.2) is 0 Å². The van der Waals surface area contributed by atoms with Gasteiger partial charge >= 0.3 is 0 Å². The number of aryl methyl sites for hydroxylation is 1. The van der Waals surface area contributed by atoms with Crippen LogP contribution in [0.3, 0.4) is 0 Å². The van der Waals surface area contributed by atoms with Crippen molar-refractivity contribution in [2.75, 3.05) is 5.32 Å². The fraction of sp³-hybridized carbons (Fsp3) is 0.105. The van der Waals surface area contributed by atoms with E-state index < -0.39 is 5.91 Å². The maximum Gasteiger partial charge on any atom is 0.267 e. The van der Waals surface area contributed by atoms with Crippen molar-refractivity contribution in [2.45, 2.75) is 13.5 Å². The van der Waals surface area contributed by atoms with Crippen molar-refractivity contribution in [2.24, 2.45) is 0 Å². The number of aromatic nitrogens is 2. The summed E-state index contributed by atoms with van der Waals surface area (Å²) in [6.07, 6.45) is 0. The molecule has 0 saturated carbocycles. The third-order valence-electron chi connectivity index (χ3n) is 3.71. The first-order chi connectivity index (χ1) is 12.4. The summed E-state index contributed by atoms with van der Waals surface area (Å²) in [5.41, 5.74) is 2.66. The summed E-state index contributed by atoms with van der Waals surface area (Å²) in [4.78, 5) is 24.3. The van der Waals surface area contributed by atoms with E-state index in [1.54, 1.807) is 18.2 Å². The number of hydrogen-bond donors (Lipinski definition) is 1. The second-order valence-corrected chi connectivity index (χ2v) is 6.60. The van der Waals surface area contributed by atoms with Crippen molar-refractivity contribution < 1.29 is 4.79 Å². The van der Waals surface area contributed by atoms with Gasteiger partial charge in [-0.25, -0.2) is 4.68 Å². The Morgan fingerprint density at radius 2 is 1.81 bits per heavy atom. The Labute approximate surface area is 160 Å². The third-order valence-corrected chi connectivity index (χ3v) is 4.26. The predicted molar refractivity (Wildman–Crippen MR) is 104 cm³/mol. The molecule has 3 rings (SSSR count). The Balaban J connectivity index is 1.80. The van der Waals surface area contributed by atoms with Gasteiger partial charge in [0.1, 0.15) is 6.54 Å². The van der Waals surface area contributed by atoms with Gasteiger partial charge in [0.25, 0.3) is 5.56 Å². The van der Waals surface area contributed by atoms with E-state index in [4.69, 9.17) is 23.2 Å². The maximum absolute atomic E-state index is 12.3. The quantitative estimate of drug-likeness (QED) is 0.730. The van der Waals surface area contributed by atoms with Crippen LogP contribution in [0.25, 0.3) is 11.3 Å². The van der Waals surface area contributed by atoms with E-state index >= 15 is 0 Å². The van der Waals surface area contributed by atoms with Gasteiger partial charge in [-0.2, -0.15) is 5.10 Å². The Bertz CT molecular complexity index is 1010. The van der Waals surface area contributed by atoms with Crippen molar-refractivity contribution in [1.82, 2.24) is 9.78 Å². The van der Waals surface area contributed by atoms with Gasteiger partial charge in [0, 0.05) is 16.7 Å². The molecule has 1 amide bonds. The lowest BCUT2D eigenvalue weighted by Gasteiger charge is -2.09. The number of hydrogen-bond acceptors (Lipinski definition) is 3. The summed E-state index contributed by atoms with van der Waals surface area (Å²) >= 11 is 11.9. The topological polar surface area (TPSA) is 64.0 Å². The van der Waals surface area contributed by atoms with Crippen LogP contribution < -0.4 is 10.9 Å². The molecule has 0 fully saturated rings. The molecule has 7 heteroatoms. The van der Waals surface area contributed by atoms with Crippen LogP contribution in [-0.2, 0) is 11.3 Å². The molecule has 2 aromatic carbocycles. The second kappa shape index (κ2) is 7.72. The molecule has 132 valence electrons. The van der Waals surface area contributed by atoms with Gasteiger partial charge in [0.05, 0.1) is 16.4 Å². The monoisotopic (exact) mass is 387 g/mol. The van der Waals surface area contributed by atoms with Gasteiger partial charge in [-0.05, 0) is 31.2 Å². The summed E-state index contributed by atoms with van der Waals surface area (Å²) in [6.45, 7) is 1.77. The highest BCUT2D eigenvalue weighted by Gasteiger charge is 2.10. The van der Waals surface area contributed by atoms with Crippen LogP contribution in [0.5, 0.6) is 0 Å². The molecule has 0 aliphatic carbocycles. The first kappa shape index (κ1) is 18.2. The first-order valence-corrected chi connectivity index (χ1v) is 8.58. The number of benzene rings is 2. The van der Waals surface area contributed by atoms with Gasteiger partial charge < -0.3 is 5.32 Å². The van der Waals surface area contributed by atoms with E-state index in [0.29, 0.717) is 21.4 Å². The highest BCUT2D eigenvalue weighted by Crippen LogP contribution is 2.25. The molecule has 1 heterocycles.